The highest BCUT2D eigenvalue weighted by atomic mass is 31.1. The highest BCUT2D eigenvalue weighted by Gasteiger charge is 2.07. The van der Waals surface area contributed by atoms with Crippen LogP contribution in [0.3, 0.4) is 0 Å². The number of carboxylic acids is 1. The largest absolute Gasteiger partial charge is 0.481 e. The molecule has 10 heavy (non-hydrogen) atoms. The molecule has 0 bridgehead atoms. The van der Waals surface area contributed by atoms with E-state index in [2.05, 4.69) is 0 Å². The molecular formula is C6H13O3P. The summed E-state index contributed by atoms with van der Waals surface area (Å²) in [7, 11) is -1.23. The Kier molecular flexibility index (Phi) is 5.55. The van der Waals surface area contributed by atoms with E-state index in [0.29, 0.717) is 6.16 Å². The third-order valence-electron chi connectivity index (χ3n) is 1.09. The molecule has 0 heterocycles. The van der Waals surface area contributed by atoms with Gasteiger partial charge in [0.25, 0.3) is 0 Å². The van der Waals surface area contributed by atoms with Gasteiger partial charge in [-0.3, -0.25) is 4.79 Å². The first-order valence-corrected chi connectivity index (χ1v) is 4.99. The number of hydrogen-bond donors (Lipinski definition) is 2. The highest BCUT2D eigenvalue weighted by molar-refractivity contribution is 7.52. The van der Waals surface area contributed by atoms with Crippen molar-refractivity contribution < 1.29 is 14.8 Å². The zero-order valence-corrected chi connectivity index (χ0v) is 6.97. The fourth-order valence-corrected chi connectivity index (χ4v) is 1.73. The Morgan fingerprint density at radius 1 is 1.60 bits per heavy atom. The SMILES string of the molecule is CCCCP(O)CC(=O)O. The number of carbonyl (C=O) groups is 1. The van der Waals surface area contributed by atoms with Crippen molar-refractivity contribution in [2.24, 2.45) is 0 Å². The van der Waals surface area contributed by atoms with Crippen molar-refractivity contribution in [3.8, 4) is 0 Å². The van der Waals surface area contributed by atoms with E-state index < -0.39 is 14.1 Å². The second-order valence-corrected chi connectivity index (χ2v) is 3.91. The van der Waals surface area contributed by atoms with Gasteiger partial charge >= 0.3 is 5.97 Å². The van der Waals surface area contributed by atoms with Gasteiger partial charge in [-0.25, -0.2) is 0 Å². The maximum Gasteiger partial charge on any atom is 0.309 e. The Morgan fingerprint density at radius 3 is 2.60 bits per heavy atom. The average Bonchev–Trinajstić information content (AvgIpc) is 1.82. The molecule has 0 aliphatic heterocycles. The minimum absolute atomic E-state index is 0.0602. The van der Waals surface area contributed by atoms with Crippen LogP contribution >= 0.6 is 8.15 Å². The number of aliphatic carboxylic acids is 1. The summed E-state index contributed by atoms with van der Waals surface area (Å²) in [5.74, 6) is -0.898. The quantitative estimate of drug-likeness (QED) is 0.601. The lowest BCUT2D eigenvalue weighted by Gasteiger charge is -2.04. The van der Waals surface area contributed by atoms with E-state index in [9.17, 15) is 4.79 Å². The Bertz CT molecular complexity index is 105. The first kappa shape index (κ1) is 9.86. The Balaban J connectivity index is 3.25. The summed E-state index contributed by atoms with van der Waals surface area (Å²) in [5, 5.41) is 8.24. The van der Waals surface area contributed by atoms with Crippen LogP contribution in [0.4, 0.5) is 0 Å². The number of hydrogen-bond acceptors (Lipinski definition) is 2. The Labute approximate surface area is 61.9 Å². The molecule has 1 atom stereocenters. The zero-order chi connectivity index (χ0) is 7.98. The molecule has 0 aliphatic carbocycles. The third-order valence-corrected chi connectivity index (χ3v) is 2.56. The molecular weight excluding hydrogens is 151 g/mol. The van der Waals surface area contributed by atoms with Crippen molar-refractivity contribution in [1.29, 1.82) is 0 Å². The fourth-order valence-electron chi connectivity index (χ4n) is 0.576. The Morgan fingerprint density at radius 2 is 2.20 bits per heavy atom. The van der Waals surface area contributed by atoms with Crippen molar-refractivity contribution in [3.05, 3.63) is 0 Å². The molecule has 4 heteroatoms. The van der Waals surface area contributed by atoms with Crippen LogP contribution in [-0.2, 0) is 4.79 Å². The van der Waals surface area contributed by atoms with Crippen LogP contribution in [0.25, 0.3) is 0 Å². The van der Waals surface area contributed by atoms with Crippen LogP contribution in [0, 0.1) is 0 Å². The lowest BCUT2D eigenvalue weighted by Crippen LogP contribution is -2.02. The van der Waals surface area contributed by atoms with E-state index in [0.717, 1.165) is 12.8 Å². The molecule has 0 rings (SSSR count). The van der Waals surface area contributed by atoms with Crippen LogP contribution in [0.2, 0.25) is 0 Å². The summed E-state index contributed by atoms with van der Waals surface area (Å²) in [4.78, 5) is 19.1. The van der Waals surface area contributed by atoms with Crippen molar-refractivity contribution in [3.63, 3.8) is 0 Å². The maximum absolute atomic E-state index is 10.0. The molecule has 0 saturated heterocycles. The summed E-state index contributed by atoms with van der Waals surface area (Å²) in [5.41, 5.74) is 0. The van der Waals surface area contributed by atoms with Crippen LogP contribution in [0.15, 0.2) is 0 Å². The molecule has 1 unspecified atom stereocenters. The van der Waals surface area contributed by atoms with Crippen molar-refractivity contribution >= 4 is 14.1 Å². The maximum atomic E-state index is 10.0. The van der Waals surface area contributed by atoms with Crippen molar-refractivity contribution in [2.75, 3.05) is 12.3 Å². The number of rotatable bonds is 5. The Hall–Kier alpha value is -0.140. The predicted octanol–water partition coefficient (Wildman–Crippen LogP) is 1.26. The van der Waals surface area contributed by atoms with Crippen molar-refractivity contribution in [2.45, 2.75) is 19.8 Å². The zero-order valence-electron chi connectivity index (χ0n) is 6.08. The molecule has 2 N–H and O–H groups in total. The van der Waals surface area contributed by atoms with Gasteiger partial charge in [0, 0.05) is 8.15 Å². The first-order valence-electron chi connectivity index (χ1n) is 3.32. The smallest absolute Gasteiger partial charge is 0.309 e. The average molecular weight is 164 g/mol. The van der Waals surface area contributed by atoms with E-state index in [1.807, 2.05) is 6.92 Å². The summed E-state index contributed by atoms with van der Waals surface area (Å²) >= 11 is 0. The molecule has 0 aromatic heterocycles. The lowest BCUT2D eigenvalue weighted by molar-refractivity contribution is -0.134. The van der Waals surface area contributed by atoms with Gasteiger partial charge in [0.1, 0.15) is 0 Å². The monoisotopic (exact) mass is 164 g/mol. The topological polar surface area (TPSA) is 57.5 Å². The third kappa shape index (κ3) is 5.99. The van der Waals surface area contributed by atoms with E-state index in [1.165, 1.54) is 0 Å². The molecule has 0 aliphatic rings. The molecule has 3 nitrogen and oxygen atoms in total. The lowest BCUT2D eigenvalue weighted by atomic mass is 10.4. The van der Waals surface area contributed by atoms with Crippen LogP contribution in [-0.4, -0.2) is 28.3 Å². The second kappa shape index (κ2) is 5.63. The first-order chi connectivity index (χ1) is 4.66. The minimum Gasteiger partial charge on any atom is -0.481 e. The van der Waals surface area contributed by atoms with E-state index in [4.69, 9.17) is 10.00 Å². The molecule has 0 spiro atoms. The predicted molar refractivity (Wildman–Crippen MR) is 41.4 cm³/mol. The highest BCUT2D eigenvalue weighted by Crippen LogP contribution is 2.29. The van der Waals surface area contributed by atoms with Gasteiger partial charge in [0.05, 0.1) is 6.16 Å². The summed E-state index contributed by atoms with van der Waals surface area (Å²) in [6.07, 6.45) is 2.54. The van der Waals surface area contributed by atoms with Crippen LogP contribution in [0.1, 0.15) is 19.8 Å². The van der Waals surface area contributed by atoms with Gasteiger partial charge in [-0.05, 0) is 12.6 Å². The summed E-state index contributed by atoms with van der Waals surface area (Å²) < 4.78 is 0. The van der Waals surface area contributed by atoms with Gasteiger partial charge in [0.2, 0.25) is 0 Å². The van der Waals surface area contributed by atoms with Gasteiger partial charge in [-0.1, -0.05) is 13.3 Å². The molecule has 0 aromatic carbocycles. The van der Waals surface area contributed by atoms with Gasteiger partial charge in [-0.15, -0.1) is 0 Å². The van der Waals surface area contributed by atoms with E-state index in [-0.39, 0.29) is 6.16 Å². The van der Waals surface area contributed by atoms with E-state index in [1.54, 1.807) is 0 Å². The van der Waals surface area contributed by atoms with Crippen LogP contribution in [0.5, 0.6) is 0 Å². The van der Waals surface area contributed by atoms with Gasteiger partial charge in [-0.2, -0.15) is 0 Å². The van der Waals surface area contributed by atoms with Gasteiger partial charge in [0.15, 0.2) is 0 Å². The fraction of sp³-hybridized carbons (Fsp3) is 0.833. The molecule has 0 fully saturated rings. The number of carboxylic acid groups (broad SMARTS) is 1. The van der Waals surface area contributed by atoms with E-state index >= 15 is 0 Å². The molecule has 0 saturated carbocycles. The molecule has 0 amide bonds. The molecule has 0 radical (unpaired) electrons. The van der Waals surface area contributed by atoms with Gasteiger partial charge < -0.3 is 10.00 Å². The normalized spacial score (nSPS) is 13.0. The van der Waals surface area contributed by atoms with Crippen LogP contribution < -0.4 is 0 Å². The molecule has 0 aromatic rings. The number of unbranched alkanes of at least 4 members (excludes halogenated alkanes) is 1. The standard InChI is InChI=1S/C6H13O3P/c1-2-3-4-10(9)5-6(7)8/h9H,2-5H2,1H3,(H,7,8). The molecule has 60 valence electrons. The van der Waals surface area contributed by atoms with Crippen molar-refractivity contribution in [1.82, 2.24) is 0 Å². The summed E-state index contributed by atoms with van der Waals surface area (Å²) in [6, 6.07) is 0. The minimum atomic E-state index is -1.23. The summed E-state index contributed by atoms with van der Waals surface area (Å²) in [6.45, 7) is 2.02. The second-order valence-electron chi connectivity index (χ2n) is 2.14.